The lowest BCUT2D eigenvalue weighted by Crippen LogP contribution is -2.36. The average molecular weight is 506 g/mol. The van der Waals surface area contributed by atoms with E-state index in [-0.39, 0.29) is 24.0 Å². The first kappa shape index (κ1) is 24.7. The zero-order chi connectivity index (χ0) is 25.0. The number of rotatable bonds is 10. The predicted molar refractivity (Wildman–Crippen MR) is 123 cm³/mol. The zero-order valence-corrected chi connectivity index (χ0v) is 19.8. The van der Waals surface area contributed by atoms with E-state index >= 15 is 0 Å². The Morgan fingerprint density at radius 3 is 2.89 bits per heavy atom. The number of nitrogens with zero attached hydrogens (tertiary/aromatic N) is 4. The van der Waals surface area contributed by atoms with Crippen LogP contribution >= 0.6 is 7.52 Å². The average Bonchev–Trinajstić information content (AvgIpc) is 3.36. The fourth-order valence-corrected chi connectivity index (χ4v) is 5.02. The Kier molecular flexibility index (Phi) is 7.41. The van der Waals surface area contributed by atoms with E-state index in [9.17, 15) is 13.8 Å². The molecule has 0 fully saturated rings. The van der Waals surface area contributed by atoms with Crippen LogP contribution in [0.1, 0.15) is 20.1 Å². The SMILES string of the molecule is CCOC(=O)[C@H](C)NP(=O)(CO[C@@H]1C=C(F)[C@@H](n2c(N)nc3cncnc32)O1)Oc1ccccc1. The molecule has 0 saturated heterocycles. The summed E-state index contributed by atoms with van der Waals surface area (Å²) in [4.78, 5) is 24.1. The number of hydrogen-bond acceptors (Lipinski definition) is 10. The van der Waals surface area contributed by atoms with Crippen LogP contribution < -0.4 is 15.3 Å². The van der Waals surface area contributed by atoms with Crippen molar-refractivity contribution in [3.63, 3.8) is 0 Å². The third-order valence-corrected chi connectivity index (χ3v) is 6.62. The maximum absolute atomic E-state index is 14.8. The maximum atomic E-state index is 14.8. The number of aromatic nitrogens is 4. The van der Waals surface area contributed by atoms with Crippen LogP contribution in [0.15, 0.2) is 54.8 Å². The van der Waals surface area contributed by atoms with Gasteiger partial charge < -0.3 is 24.5 Å². The van der Waals surface area contributed by atoms with Gasteiger partial charge in [-0.1, -0.05) is 18.2 Å². The van der Waals surface area contributed by atoms with Gasteiger partial charge in [-0.05, 0) is 26.0 Å². The minimum atomic E-state index is -3.84. The number of imidazole rings is 1. The number of carbonyl (C=O) groups is 1. The molecule has 1 aromatic carbocycles. The van der Waals surface area contributed by atoms with Gasteiger partial charge in [0.25, 0.3) is 0 Å². The van der Waals surface area contributed by atoms with Crippen molar-refractivity contribution in [2.24, 2.45) is 0 Å². The van der Waals surface area contributed by atoms with Crippen LogP contribution in [0.4, 0.5) is 10.3 Å². The van der Waals surface area contributed by atoms with Gasteiger partial charge in [0, 0.05) is 6.08 Å². The molecule has 4 rings (SSSR count). The number of benzene rings is 1. The molecular formula is C21H24FN6O6P. The number of nitrogen functional groups attached to an aromatic ring is 1. The van der Waals surface area contributed by atoms with Crippen LogP contribution in [0.2, 0.25) is 0 Å². The summed E-state index contributed by atoms with van der Waals surface area (Å²) < 4.78 is 51.5. The summed E-state index contributed by atoms with van der Waals surface area (Å²) in [6, 6.07) is 7.39. The molecule has 1 aliphatic heterocycles. The third-order valence-electron chi connectivity index (χ3n) is 4.85. The van der Waals surface area contributed by atoms with Crippen molar-refractivity contribution in [3.05, 3.63) is 54.8 Å². The van der Waals surface area contributed by atoms with Crippen molar-refractivity contribution in [1.29, 1.82) is 0 Å². The first-order valence-electron chi connectivity index (χ1n) is 10.7. The molecule has 3 aromatic rings. The van der Waals surface area contributed by atoms with Crippen molar-refractivity contribution >= 4 is 30.6 Å². The van der Waals surface area contributed by atoms with Crippen LogP contribution in [0, 0.1) is 0 Å². The van der Waals surface area contributed by atoms with E-state index < -0.39 is 44.2 Å². The molecule has 0 radical (unpaired) electrons. The summed E-state index contributed by atoms with van der Waals surface area (Å²) in [5.41, 5.74) is 6.57. The quantitative estimate of drug-likeness (QED) is 0.308. The Bertz CT molecular complexity index is 1270. The number of anilines is 1. The lowest BCUT2D eigenvalue weighted by atomic mass is 10.3. The highest BCUT2D eigenvalue weighted by Gasteiger charge is 2.36. The standard InChI is InChI=1S/C21H24FN6O6P/c1-3-31-20(29)13(2)27-35(30,34-14-7-5-4-6-8-14)12-32-17-9-15(22)19(33-17)28-18-16(26-21(28)23)10-24-11-25-18/h4-11,13,17,19H,3,12H2,1-2H3,(H2,23,26)(H,27,30)/t13-,17-,19-,35?/m0/s1. The molecule has 1 aliphatic rings. The van der Waals surface area contributed by atoms with Gasteiger partial charge in [-0.3, -0.25) is 13.9 Å². The minimum absolute atomic E-state index is 0.0299. The number of carbonyl (C=O) groups excluding carboxylic acids is 1. The summed E-state index contributed by atoms with van der Waals surface area (Å²) in [5, 5.41) is 2.65. The highest BCUT2D eigenvalue weighted by Crippen LogP contribution is 2.45. The van der Waals surface area contributed by atoms with Crippen molar-refractivity contribution in [1.82, 2.24) is 24.6 Å². The van der Waals surface area contributed by atoms with E-state index in [1.807, 2.05) is 0 Å². The monoisotopic (exact) mass is 506 g/mol. The fraction of sp³-hybridized carbons (Fsp3) is 0.333. The molecule has 0 saturated carbocycles. The lowest BCUT2D eigenvalue weighted by molar-refractivity contribution is -0.144. The van der Waals surface area contributed by atoms with Crippen LogP contribution in [0.5, 0.6) is 5.75 Å². The van der Waals surface area contributed by atoms with Crippen molar-refractivity contribution in [2.45, 2.75) is 32.4 Å². The van der Waals surface area contributed by atoms with Crippen LogP contribution in [-0.2, 0) is 23.6 Å². The summed E-state index contributed by atoms with van der Waals surface area (Å²) in [6.07, 6.45) is 0.714. The Labute approximate surface area is 199 Å². The highest BCUT2D eigenvalue weighted by molar-refractivity contribution is 7.57. The minimum Gasteiger partial charge on any atom is -0.465 e. The molecule has 3 N–H and O–H groups in total. The van der Waals surface area contributed by atoms with E-state index in [4.69, 9.17) is 24.5 Å². The van der Waals surface area contributed by atoms with Crippen LogP contribution in [-0.4, -0.2) is 50.8 Å². The van der Waals surface area contributed by atoms with Gasteiger partial charge in [0.15, 0.2) is 30.3 Å². The number of halogens is 1. The second kappa shape index (κ2) is 10.5. The molecule has 1 unspecified atom stereocenters. The second-order valence-electron chi connectivity index (χ2n) is 7.46. The fourth-order valence-electron chi connectivity index (χ4n) is 3.34. The zero-order valence-electron chi connectivity index (χ0n) is 18.9. The normalized spacial score (nSPS) is 20.3. The van der Waals surface area contributed by atoms with Crippen LogP contribution in [0.25, 0.3) is 11.2 Å². The molecule has 186 valence electrons. The molecule has 0 bridgehead atoms. The van der Waals surface area contributed by atoms with E-state index in [0.717, 1.165) is 6.08 Å². The second-order valence-corrected chi connectivity index (χ2v) is 9.50. The van der Waals surface area contributed by atoms with Gasteiger partial charge >= 0.3 is 13.5 Å². The van der Waals surface area contributed by atoms with Gasteiger partial charge in [-0.2, -0.15) is 0 Å². The molecule has 0 amide bonds. The van der Waals surface area contributed by atoms with E-state index in [1.165, 1.54) is 24.0 Å². The smallest absolute Gasteiger partial charge is 0.342 e. The third kappa shape index (κ3) is 5.65. The predicted octanol–water partition coefficient (Wildman–Crippen LogP) is 2.90. The Hall–Kier alpha value is -3.38. The number of hydrogen-bond donors (Lipinski definition) is 2. The molecule has 0 spiro atoms. The van der Waals surface area contributed by atoms with Gasteiger partial charge in [0.2, 0.25) is 5.95 Å². The number of para-hydroxylation sites is 1. The molecular weight excluding hydrogens is 482 g/mol. The van der Waals surface area contributed by atoms with Gasteiger partial charge in [0.05, 0.1) is 12.8 Å². The van der Waals surface area contributed by atoms with Crippen molar-refractivity contribution in [2.75, 3.05) is 18.7 Å². The first-order valence-corrected chi connectivity index (χ1v) is 12.5. The van der Waals surface area contributed by atoms with Crippen molar-refractivity contribution in [3.8, 4) is 5.75 Å². The molecule has 0 aliphatic carbocycles. The number of ether oxygens (including phenoxy) is 3. The lowest BCUT2D eigenvalue weighted by Gasteiger charge is -2.24. The Morgan fingerprint density at radius 1 is 1.37 bits per heavy atom. The summed E-state index contributed by atoms with van der Waals surface area (Å²) in [6.45, 7) is 3.30. The van der Waals surface area contributed by atoms with Gasteiger partial charge in [0.1, 0.15) is 23.6 Å². The highest BCUT2D eigenvalue weighted by atomic mass is 31.2. The molecule has 2 aromatic heterocycles. The number of nitrogens with two attached hydrogens (primary N) is 1. The largest absolute Gasteiger partial charge is 0.465 e. The van der Waals surface area contributed by atoms with E-state index in [0.29, 0.717) is 5.52 Å². The van der Waals surface area contributed by atoms with Crippen LogP contribution in [0.3, 0.4) is 0 Å². The summed E-state index contributed by atoms with van der Waals surface area (Å²) >= 11 is 0. The molecule has 35 heavy (non-hydrogen) atoms. The Balaban J connectivity index is 1.49. The van der Waals surface area contributed by atoms with Gasteiger partial charge in [-0.15, -0.1) is 0 Å². The van der Waals surface area contributed by atoms with Gasteiger partial charge in [-0.25, -0.2) is 24.4 Å². The molecule has 3 heterocycles. The summed E-state index contributed by atoms with van der Waals surface area (Å²) in [5.74, 6) is -1.06. The molecule has 4 atom stereocenters. The first-order chi connectivity index (χ1) is 16.8. The number of fused-ring (bicyclic) bond motifs is 1. The number of nitrogens with one attached hydrogen (secondary N) is 1. The van der Waals surface area contributed by atoms with Crippen molar-refractivity contribution < 1.29 is 32.5 Å². The van der Waals surface area contributed by atoms with E-state index in [2.05, 4.69) is 20.0 Å². The summed E-state index contributed by atoms with van der Waals surface area (Å²) in [7, 11) is -3.84. The topological polar surface area (TPSA) is 153 Å². The molecule has 14 heteroatoms. The molecule has 12 nitrogen and oxygen atoms in total. The maximum Gasteiger partial charge on any atom is 0.342 e. The Morgan fingerprint density at radius 2 is 2.14 bits per heavy atom. The number of esters is 1. The van der Waals surface area contributed by atoms with E-state index in [1.54, 1.807) is 37.3 Å².